The van der Waals surface area contributed by atoms with Crippen LogP contribution in [0.3, 0.4) is 0 Å². The lowest BCUT2D eigenvalue weighted by Crippen LogP contribution is -1.77. The number of hydrogen-bond acceptors (Lipinski definition) is 3. The van der Waals surface area contributed by atoms with Gasteiger partial charge in [0.1, 0.15) is 4.60 Å². The van der Waals surface area contributed by atoms with Crippen molar-refractivity contribution in [3.05, 3.63) is 50.2 Å². The smallest absolute Gasteiger partial charge is 0.106 e. The summed E-state index contributed by atoms with van der Waals surface area (Å²) < 4.78 is 2.90. The lowest BCUT2D eigenvalue weighted by Gasteiger charge is -1.94. The van der Waals surface area contributed by atoms with E-state index in [2.05, 4.69) is 64.7 Å². The topological polar surface area (TPSA) is 25.8 Å². The molecule has 2 rings (SSSR count). The van der Waals surface area contributed by atoms with Crippen molar-refractivity contribution in [3.63, 3.8) is 0 Å². The Balaban J connectivity index is 0.000000184. The highest BCUT2D eigenvalue weighted by Crippen LogP contribution is 2.16. The standard InChI is InChI=1S/C7H8BrNS.C5H3Br2N/c1-2-10-7-4-3-6(8)5-9-7;6-4-1-2-5(7)8-3-4/h3-5H,2H2,1H3;1-3H. The molecular formula is C12H11Br3N2S. The van der Waals surface area contributed by atoms with Crippen molar-refractivity contribution in [1.29, 1.82) is 0 Å². The molecule has 0 fully saturated rings. The third-order valence-corrected chi connectivity index (χ3v) is 3.92. The minimum atomic E-state index is 0.862. The van der Waals surface area contributed by atoms with Gasteiger partial charge in [-0.15, -0.1) is 11.8 Å². The van der Waals surface area contributed by atoms with E-state index in [4.69, 9.17) is 0 Å². The average Bonchev–Trinajstić information content (AvgIpc) is 2.37. The van der Waals surface area contributed by atoms with Crippen LogP contribution in [-0.4, -0.2) is 15.7 Å². The predicted molar refractivity (Wildman–Crippen MR) is 88.0 cm³/mol. The Hall–Kier alpha value is 0.0900. The molecule has 0 radical (unpaired) electrons. The van der Waals surface area contributed by atoms with Crippen LogP contribution < -0.4 is 0 Å². The predicted octanol–water partition coefficient (Wildman–Crippen LogP) is 5.56. The summed E-state index contributed by atoms with van der Waals surface area (Å²) in [6.07, 6.45) is 3.56. The van der Waals surface area contributed by atoms with Crippen LogP contribution in [0.1, 0.15) is 6.92 Å². The van der Waals surface area contributed by atoms with Gasteiger partial charge in [-0.1, -0.05) is 6.92 Å². The van der Waals surface area contributed by atoms with E-state index >= 15 is 0 Å². The zero-order chi connectivity index (χ0) is 13.4. The van der Waals surface area contributed by atoms with Crippen molar-refractivity contribution >= 4 is 59.6 Å². The summed E-state index contributed by atoms with van der Waals surface area (Å²) in [5.74, 6) is 1.08. The molecule has 0 unspecified atom stereocenters. The summed E-state index contributed by atoms with van der Waals surface area (Å²) in [6, 6.07) is 7.82. The fourth-order valence-electron chi connectivity index (χ4n) is 0.953. The average molecular weight is 455 g/mol. The van der Waals surface area contributed by atoms with Crippen molar-refractivity contribution in [2.24, 2.45) is 0 Å². The molecule has 2 aromatic rings. The number of rotatable bonds is 2. The lowest BCUT2D eigenvalue weighted by atomic mass is 10.5. The molecule has 0 aliphatic heterocycles. The number of thioether (sulfide) groups is 1. The van der Waals surface area contributed by atoms with Crippen LogP contribution in [0.2, 0.25) is 0 Å². The quantitative estimate of drug-likeness (QED) is 0.438. The Morgan fingerprint density at radius 1 is 0.944 bits per heavy atom. The fourth-order valence-corrected chi connectivity index (χ4v) is 2.24. The van der Waals surface area contributed by atoms with Gasteiger partial charge in [-0.3, -0.25) is 0 Å². The van der Waals surface area contributed by atoms with E-state index in [-0.39, 0.29) is 0 Å². The lowest BCUT2D eigenvalue weighted by molar-refractivity contribution is 1.12. The maximum absolute atomic E-state index is 4.18. The fraction of sp³-hybridized carbons (Fsp3) is 0.167. The van der Waals surface area contributed by atoms with E-state index in [0.29, 0.717) is 0 Å². The van der Waals surface area contributed by atoms with Crippen LogP contribution in [0.4, 0.5) is 0 Å². The summed E-state index contributed by atoms with van der Waals surface area (Å²) >= 11 is 11.6. The second kappa shape index (κ2) is 9.07. The van der Waals surface area contributed by atoms with E-state index in [1.165, 1.54) is 0 Å². The highest BCUT2D eigenvalue weighted by molar-refractivity contribution is 9.11. The Kier molecular flexibility index (Phi) is 8.13. The molecule has 18 heavy (non-hydrogen) atoms. The largest absolute Gasteiger partial charge is 0.249 e. The zero-order valence-corrected chi connectivity index (χ0v) is 15.2. The minimum absolute atomic E-state index is 0.862. The number of halogens is 3. The molecule has 0 spiro atoms. The van der Waals surface area contributed by atoms with Crippen LogP contribution in [0.15, 0.2) is 55.2 Å². The Morgan fingerprint density at radius 2 is 1.56 bits per heavy atom. The molecule has 0 saturated heterocycles. The van der Waals surface area contributed by atoms with Crippen molar-refractivity contribution in [2.45, 2.75) is 11.9 Å². The van der Waals surface area contributed by atoms with Gasteiger partial charge in [-0.2, -0.15) is 0 Å². The first-order valence-corrected chi connectivity index (χ1v) is 8.49. The molecule has 0 aliphatic carbocycles. The van der Waals surface area contributed by atoms with E-state index in [0.717, 1.165) is 24.3 Å². The number of aromatic nitrogens is 2. The summed E-state index contributed by atoms with van der Waals surface area (Å²) in [7, 11) is 0. The first kappa shape index (κ1) is 16.1. The van der Waals surface area contributed by atoms with Gasteiger partial charge in [0.05, 0.1) is 5.03 Å². The molecule has 2 nitrogen and oxygen atoms in total. The van der Waals surface area contributed by atoms with Crippen LogP contribution in [-0.2, 0) is 0 Å². The molecule has 96 valence electrons. The van der Waals surface area contributed by atoms with E-state index < -0.39 is 0 Å². The van der Waals surface area contributed by atoms with E-state index in [9.17, 15) is 0 Å². The molecule has 0 bridgehead atoms. The van der Waals surface area contributed by atoms with Gasteiger partial charge in [0, 0.05) is 21.3 Å². The van der Waals surface area contributed by atoms with Gasteiger partial charge >= 0.3 is 0 Å². The number of hydrogen-bond donors (Lipinski definition) is 0. The maximum atomic E-state index is 4.18. The minimum Gasteiger partial charge on any atom is -0.249 e. The summed E-state index contributed by atoms with van der Waals surface area (Å²) in [4.78, 5) is 8.13. The second-order valence-electron chi connectivity index (χ2n) is 3.05. The normalized spacial score (nSPS) is 9.56. The van der Waals surface area contributed by atoms with Gasteiger partial charge in [0.25, 0.3) is 0 Å². The Labute approximate surface area is 136 Å². The molecule has 2 aromatic heterocycles. The first-order valence-electron chi connectivity index (χ1n) is 5.13. The van der Waals surface area contributed by atoms with Crippen molar-refractivity contribution in [2.75, 3.05) is 5.75 Å². The monoisotopic (exact) mass is 452 g/mol. The van der Waals surface area contributed by atoms with Gasteiger partial charge in [-0.25, -0.2) is 9.97 Å². The molecule has 0 amide bonds. The van der Waals surface area contributed by atoms with E-state index in [1.807, 2.05) is 30.5 Å². The van der Waals surface area contributed by atoms with E-state index in [1.54, 1.807) is 18.0 Å². The Bertz CT molecular complexity index is 439. The highest BCUT2D eigenvalue weighted by atomic mass is 79.9. The third-order valence-electron chi connectivity index (χ3n) is 1.68. The van der Waals surface area contributed by atoms with Crippen molar-refractivity contribution in [1.82, 2.24) is 9.97 Å². The number of pyridine rings is 2. The molecule has 6 heteroatoms. The summed E-state index contributed by atoms with van der Waals surface area (Å²) in [5.41, 5.74) is 0. The molecule has 0 N–H and O–H groups in total. The van der Waals surface area contributed by atoms with Crippen LogP contribution in [0.5, 0.6) is 0 Å². The molecular weight excluding hydrogens is 444 g/mol. The maximum Gasteiger partial charge on any atom is 0.106 e. The van der Waals surface area contributed by atoms with Crippen LogP contribution >= 0.6 is 59.6 Å². The molecule has 2 heterocycles. The van der Waals surface area contributed by atoms with Gasteiger partial charge in [0.2, 0.25) is 0 Å². The summed E-state index contributed by atoms with van der Waals surface area (Å²) in [6.45, 7) is 2.12. The second-order valence-corrected chi connectivity index (χ2v) is 6.97. The van der Waals surface area contributed by atoms with Crippen molar-refractivity contribution < 1.29 is 0 Å². The zero-order valence-electron chi connectivity index (χ0n) is 9.61. The third kappa shape index (κ3) is 6.87. The molecule has 0 aromatic carbocycles. The van der Waals surface area contributed by atoms with Gasteiger partial charge in [0.15, 0.2) is 0 Å². The van der Waals surface area contributed by atoms with Crippen LogP contribution in [0, 0.1) is 0 Å². The van der Waals surface area contributed by atoms with Gasteiger partial charge in [-0.05, 0) is 77.8 Å². The SMILES string of the molecule is Brc1ccc(Br)nc1.CCSc1ccc(Br)cn1. The Morgan fingerprint density at radius 3 is 1.94 bits per heavy atom. The molecule has 0 atom stereocenters. The van der Waals surface area contributed by atoms with Crippen molar-refractivity contribution in [3.8, 4) is 0 Å². The number of nitrogens with zero attached hydrogens (tertiary/aromatic N) is 2. The van der Waals surface area contributed by atoms with Crippen LogP contribution in [0.25, 0.3) is 0 Å². The summed E-state index contributed by atoms with van der Waals surface area (Å²) in [5, 5.41) is 1.09. The first-order chi connectivity index (χ1) is 8.61. The molecule has 0 saturated carbocycles. The highest BCUT2D eigenvalue weighted by Gasteiger charge is 1.91. The molecule has 0 aliphatic rings. The van der Waals surface area contributed by atoms with Gasteiger partial charge < -0.3 is 0 Å².